The van der Waals surface area contributed by atoms with Crippen molar-refractivity contribution < 1.29 is 28.6 Å². The van der Waals surface area contributed by atoms with Crippen LogP contribution in [0.2, 0.25) is 0 Å². The zero-order valence-corrected chi connectivity index (χ0v) is 19.2. The first kappa shape index (κ1) is 24.3. The van der Waals surface area contributed by atoms with E-state index in [0.29, 0.717) is 40.6 Å². The lowest BCUT2D eigenvalue weighted by atomic mass is 10.1. The molecule has 0 aliphatic rings. The van der Waals surface area contributed by atoms with Gasteiger partial charge in [-0.15, -0.1) is 0 Å². The van der Waals surface area contributed by atoms with E-state index in [9.17, 15) is 14.4 Å². The first-order valence-electron chi connectivity index (χ1n) is 10.6. The molecule has 2 N–H and O–H groups in total. The minimum Gasteiger partial charge on any atom is -0.493 e. The van der Waals surface area contributed by atoms with Gasteiger partial charge < -0.3 is 19.5 Å². The fraction of sp³-hybridized carbons (Fsp3) is 0.192. The van der Waals surface area contributed by atoms with Gasteiger partial charge in [0.05, 0.1) is 19.9 Å². The highest BCUT2D eigenvalue weighted by molar-refractivity contribution is 6.04. The molecule has 0 bridgehead atoms. The molecule has 0 aliphatic heterocycles. The van der Waals surface area contributed by atoms with Crippen LogP contribution in [0, 0.1) is 0 Å². The van der Waals surface area contributed by atoms with E-state index in [-0.39, 0.29) is 18.1 Å². The van der Waals surface area contributed by atoms with Crippen LogP contribution in [0.4, 0.5) is 16.2 Å². The van der Waals surface area contributed by atoms with Gasteiger partial charge in [0.1, 0.15) is 5.75 Å². The molecule has 3 aromatic carbocycles. The molecular formula is C26H26N2O6. The predicted molar refractivity (Wildman–Crippen MR) is 129 cm³/mol. The van der Waals surface area contributed by atoms with E-state index in [1.807, 2.05) is 18.2 Å². The molecule has 0 aromatic heterocycles. The van der Waals surface area contributed by atoms with Gasteiger partial charge in [-0.05, 0) is 49.2 Å². The van der Waals surface area contributed by atoms with Crippen LogP contribution in [0.15, 0.2) is 66.7 Å². The zero-order valence-electron chi connectivity index (χ0n) is 19.2. The van der Waals surface area contributed by atoms with Crippen molar-refractivity contribution in [3.05, 3.63) is 77.9 Å². The molecule has 0 fully saturated rings. The van der Waals surface area contributed by atoms with Crippen LogP contribution in [0.5, 0.6) is 17.2 Å². The third-order valence-corrected chi connectivity index (χ3v) is 4.97. The molecule has 0 atom stereocenters. The van der Waals surface area contributed by atoms with E-state index in [2.05, 4.69) is 10.6 Å². The van der Waals surface area contributed by atoms with Crippen molar-refractivity contribution in [1.82, 2.24) is 0 Å². The van der Waals surface area contributed by atoms with E-state index in [1.54, 1.807) is 48.5 Å². The summed E-state index contributed by atoms with van der Waals surface area (Å²) in [5, 5.41) is 5.42. The molecule has 0 unspecified atom stereocenters. The standard InChI is InChI=1S/C26H26N2O6/c1-17(29)21-15-23(32-2)24(33-3)16-22(21)28-25(30)14-11-18-9-12-20(13-10-18)34-26(31)27-19-7-5-4-6-8-19/h4-10,12-13,15-16H,11,14H2,1-3H3,(H,27,31)(H,28,30). The number of rotatable bonds is 9. The number of aryl methyl sites for hydroxylation is 1. The number of methoxy groups -OCH3 is 2. The highest BCUT2D eigenvalue weighted by atomic mass is 16.6. The van der Waals surface area contributed by atoms with Crippen LogP contribution >= 0.6 is 0 Å². The molecule has 8 heteroatoms. The smallest absolute Gasteiger partial charge is 0.417 e. The van der Waals surface area contributed by atoms with E-state index in [0.717, 1.165) is 5.56 Å². The van der Waals surface area contributed by atoms with Crippen molar-refractivity contribution in [3.63, 3.8) is 0 Å². The Morgan fingerprint density at radius 2 is 1.47 bits per heavy atom. The molecule has 8 nitrogen and oxygen atoms in total. The highest BCUT2D eigenvalue weighted by Gasteiger charge is 2.16. The molecule has 3 rings (SSSR count). The molecule has 0 saturated heterocycles. The van der Waals surface area contributed by atoms with Gasteiger partial charge in [0, 0.05) is 23.7 Å². The van der Waals surface area contributed by atoms with E-state index < -0.39 is 6.09 Å². The average molecular weight is 463 g/mol. The van der Waals surface area contributed by atoms with Crippen LogP contribution in [-0.4, -0.2) is 32.0 Å². The number of benzene rings is 3. The third-order valence-electron chi connectivity index (χ3n) is 4.97. The van der Waals surface area contributed by atoms with Gasteiger partial charge in [-0.1, -0.05) is 30.3 Å². The lowest BCUT2D eigenvalue weighted by molar-refractivity contribution is -0.116. The van der Waals surface area contributed by atoms with Gasteiger partial charge in [-0.2, -0.15) is 0 Å². The number of ether oxygens (including phenoxy) is 3. The maximum atomic E-state index is 12.5. The Bertz CT molecular complexity index is 1160. The number of carbonyl (C=O) groups excluding carboxylic acids is 3. The second-order valence-corrected chi connectivity index (χ2v) is 7.38. The van der Waals surface area contributed by atoms with E-state index >= 15 is 0 Å². The van der Waals surface area contributed by atoms with Gasteiger partial charge in [0.15, 0.2) is 17.3 Å². The summed E-state index contributed by atoms with van der Waals surface area (Å²) in [5.41, 5.74) is 2.23. The number of ketones is 1. The Hall–Kier alpha value is -4.33. The Labute approximate surface area is 197 Å². The molecule has 2 amide bonds. The Morgan fingerprint density at radius 3 is 2.09 bits per heavy atom. The van der Waals surface area contributed by atoms with Crippen molar-refractivity contribution in [2.75, 3.05) is 24.9 Å². The van der Waals surface area contributed by atoms with Gasteiger partial charge in [0.2, 0.25) is 5.91 Å². The van der Waals surface area contributed by atoms with Crippen LogP contribution in [0.3, 0.4) is 0 Å². The summed E-state index contributed by atoms with van der Waals surface area (Å²) in [7, 11) is 2.96. The van der Waals surface area contributed by atoms with Crippen LogP contribution in [0.25, 0.3) is 0 Å². The van der Waals surface area contributed by atoms with Gasteiger partial charge in [-0.25, -0.2) is 4.79 Å². The van der Waals surface area contributed by atoms with E-state index in [1.165, 1.54) is 21.1 Å². The zero-order chi connectivity index (χ0) is 24.5. The lowest BCUT2D eigenvalue weighted by Gasteiger charge is -2.14. The number of hydrogen-bond donors (Lipinski definition) is 2. The maximum Gasteiger partial charge on any atom is 0.417 e. The monoisotopic (exact) mass is 462 g/mol. The normalized spacial score (nSPS) is 10.2. The second-order valence-electron chi connectivity index (χ2n) is 7.38. The number of nitrogens with one attached hydrogen (secondary N) is 2. The maximum absolute atomic E-state index is 12.5. The summed E-state index contributed by atoms with van der Waals surface area (Å²) < 4.78 is 15.8. The summed E-state index contributed by atoms with van der Waals surface area (Å²) in [6.07, 6.45) is 0.0697. The Balaban J connectivity index is 1.56. The van der Waals surface area contributed by atoms with Crippen LogP contribution < -0.4 is 24.8 Å². The molecule has 0 radical (unpaired) electrons. The first-order valence-corrected chi connectivity index (χ1v) is 10.6. The average Bonchev–Trinajstić information content (AvgIpc) is 2.83. The van der Waals surface area contributed by atoms with Gasteiger partial charge in [0.25, 0.3) is 0 Å². The van der Waals surface area contributed by atoms with Crippen molar-refractivity contribution >= 4 is 29.2 Å². The number of para-hydroxylation sites is 1. The predicted octanol–water partition coefficient (Wildman–Crippen LogP) is 5.09. The summed E-state index contributed by atoms with van der Waals surface area (Å²) in [6, 6.07) is 19.0. The summed E-state index contributed by atoms with van der Waals surface area (Å²) >= 11 is 0. The molecular weight excluding hydrogens is 436 g/mol. The van der Waals surface area contributed by atoms with E-state index in [4.69, 9.17) is 14.2 Å². The number of anilines is 2. The number of amides is 2. The lowest BCUT2D eigenvalue weighted by Crippen LogP contribution is -2.16. The topological polar surface area (TPSA) is 103 Å². The largest absolute Gasteiger partial charge is 0.493 e. The van der Waals surface area contributed by atoms with Crippen LogP contribution in [0.1, 0.15) is 29.3 Å². The molecule has 0 saturated carbocycles. The SMILES string of the molecule is COc1cc(NC(=O)CCc2ccc(OC(=O)Nc3ccccc3)cc2)c(C(C)=O)cc1OC. The molecule has 3 aromatic rings. The number of hydrogen-bond acceptors (Lipinski definition) is 6. The van der Waals surface area contributed by atoms with Crippen LogP contribution in [-0.2, 0) is 11.2 Å². The second kappa shape index (κ2) is 11.5. The molecule has 0 spiro atoms. The molecule has 176 valence electrons. The van der Waals surface area contributed by atoms with Crippen molar-refractivity contribution in [3.8, 4) is 17.2 Å². The van der Waals surface area contributed by atoms with Crippen molar-refractivity contribution in [2.24, 2.45) is 0 Å². The minimum absolute atomic E-state index is 0.195. The Kier molecular flexibility index (Phi) is 8.23. The summed E-state index contributed by atoms with van der Waals surface area (Å²) in [4.78, 5) is 36.5. The van der Waals surface area contributed by atoms with Crippen molar-refractivity contribution in [2.45, 2.75) is 19.8 Å². The first-order chi connectivity index (χ1) is 16.4. The van der Waals surface area contributed by atoms with Gasteiger partial charge >= 0.3 is 6.09 Å². The quantitative estimate of drug-likeness (QED) is 0.430. The summed E-state index contributed by atoms with van der Waals surface area (Å²) in [5.74, 6) is 0.749. The molecule has 0 aliphatic carbocycles. The highest BCUT2D eigenvalue weighted by Crippen LogP contribution is 2.33. The van der Waals surface area contributed by atoms with Crippen molar-refractivity contribution in [1.29, 1.82) is 0 Å². The third kappa shape index (κ3) is 6.59. The fourth-order valence-corrected chi connectivity index (χ4v) is 3.24. The molecule has 34 heavy (non-hydrogen) atoms. The Morgan fingerprint density at radius 1 is 0.824 bits per heavy atom. The molecule has 0 heterocycles. The summed E-state index contributed by atoms with van der Waals surface area (Å²) in [6.45, 7) is 1.42. The fourth-order valence-electron chi connectivity index (χ4n) is 3.24. The number of carbonyl (C=O) groups is 3. The van der Waals surface area contributed by atoms with Gasteiger partial charge in [-0.3, -0.25) is 14.9 Å². The number of Topliss-reactive ketones (excluding diaryl/α,β-unsaturated/α-hetero) is 1. The minimum atomic E-state index is -0.588.